The van der Waals surface area contributed by atoms with Crippen molar-refractivity contribution in [2.24, 2.45) is 0 Å². The van der Waals surface area contributed by atoms with Crippen molar-refractivity contribution in [1.82, 2.24) is 15.5 Å². The molecule has 3 amide bonds. The Bertz CT molecular complexity index is 983. The predicted molar refractivity (Wildman–Crippen MR) is 161 cm³/mol. The molecule has 2 N–H and O–H groups in total. The third-order valence-electron chi connectivity index (χ3n) is 7.75. The molecule has 2 rings (SSSR count). The second-order valence-corrected chi connectivity index (χ2v) is 13.4. The van der Waals surface area contributed by atoms with Crippen LogP contribution in [0.1, 0.15) is 109 Å². The molecule has 39 heavy (non-hydrogen) atoms. The number of amides is 3. The summed E-state index contributed by atoms with van der Waals surface area (Å²) in [7, 11) is 0. The van der Waals surface area contributed by atoms with Crippen LogP contribution >= 0.6 is 11.8 Å². The van der Waals surface area contributed by atoms with E-state index in [4.69, 9.17) is 4.74 Å². The van der Waals surface area contributed by atoms with Gasteiger partial charge >= 0.3 is 6.09 Å². The molecule has 1 aromatic carbocycles. The first kappa shape index (κ1) is 33.0. The van der Waals surface area contributed by atoms with Crippen LogP contribution in [0.2, 0.25) is 0 Å². The van der Waals surface area contributed by atoms with E-state index in [2.05, 4.69) is 10.6 Å². The van der Waals surface area contributed by atoms with Gasteiger partial charge in [0.05, 0.1) is 0 Å². The van der Waals surface area contributed by atoms with Gasteiger partial charge in [-0.05, 0) is 103 Å². The van der Waals surface area contributed by atoms with Crippen LogP contribution in [0.5, 0.6) is 0 Å². The van der Waals surface area contributed by atoms with E-state index >= 15 is 0 Å². The third kappa shape index (κ3) is 9.44. The number of ether oxygens (including phenoxy) is 1. The number of thioether (sulfide) groups is 1. The largest absolute Gasteiger partial charge is 0.444 e. The number of benzene rings is 1. The molecule has 0 aromatic heterocycles. The molecule has 1 aliphatic carbocycles. The van der Waals surface area contributed by atoms with E-state index < -0.39 is 29.3 Å². The van der Waals surface area contributed by atoms with Crippen molar-refractivity contribution in [2.45, 2.75) is 130 Å². The van der Waals surface area contributed by atoms with E-state index in [-0.39, 0.29) is 17.9 Å². The lowest BCUT2D eigenvalue weighted by molar-refractivity contribution is -0.149. The van der Waals surface area contributed by atoms with Crippen molar-refractivity contribution in [2.75, 3.05) is 12.0 Å². The number of carbonyl (C=O) groups excluding carboxylic acids is 3. The molecule has 2 unspecified atom stereocenters. The highest BCUT2D eigenvalue weighted by Gasteiger charge is 2.44. The standard InChI is InChI=1S/C31H51N3O4S/c1-10-31(7,8)34(28(36)25(19-20-39-9)33-29(37)38-30(4,5)6)26(24-18-14-15-21(2)22(24)3)27(35)32-23-16-12-11-13-17-23/h14-15,18,23,25-26H,10-13,16-17,19-20H2,1-9H3,(H,32,35)(H,33,37). The predicted octanol–water partition coefficient (Wildman–Crippen LogP) is 6.46. The first-order valence-corrected chi connectivity index (χ1v) is 15.8. The van der Waals surface area contributed by atoms with E-state index in [0.29, 0.717) is 18.6 Å². The average molecular weight is 562 g/mol. The molecular formula is C31H51N3O4S. The van der Waals surface area contributed by atoms with Gasteiger partial charge in [0.2, 0.25) is 11.8 Å². The Morgan fingerprint density at radius 1 is 1.08 bits per heavy atom. The second-order valence-electron chi connectivity index (χ2n) is 12.4. The number of carbonyl (C=O) groups is 3. The Hall–Kier alpha value is -2.22. The first-order valence-electron chi connectivity index (χ1n) is 14.4. The van der Waals surface area contributed by atoms with Gasteiger partial charge in [-0.2, -0.15) is 11.8 Å². The number of nitrogens with one attached hydrogen (secondary N) is 2. The molecule has 0 radical (unpaired) electrons. The minimum absolute atomic E-state index is 0.104. The molecule has 2 atom stereocenters. The lowest BCUT2D eigenvalue weighted by Crippen LogP contribution is -2.60. The summed E-state index contributed by atoms with van der Waals surface area (Å²) in [5.74, 6) is 0.243. The maximum atomic E-state index is 14.5. The SMILES string of the molecule is CCC(C)(C)N(C(=O)C(CCSC)NC(=O)OC(C)(C)C)C(C(=O)NC1CCCCC1)c1cccc(C)c1C. The highest BCUT2D eigenvalue weighted by Crippen LogP contribution is 2.35. The van der Waals surface area contributed by atoms with Crippen LogP contribution in [-0.4, -0.2) is 58.0 Å². The molecule has 1 aliphatic rings. The minimum atomic E-state index is -0.827. The van der Waals surface area contributed by atoms with Crippen LogP contribution in [0, 0.1) is 13.8 Å². The molecule has 7 nitrogen and oxygen atoms in total. The fourth-order valence-corrected chi connectivity index (χ4v) is 5.52. The molecule has 1 fully saturated rings. The van der Waals surface area contributed by atoms with Crippen LogP contribution in [-0.2, 0) is 14.3 Å². The second kappa shape index (κ2) is 14.4. The van der Waals surface area contributed by atoms with Gasteiger partial charge in [0.15, 0.2) is 0 Å². The van der Waals surface area contributed by atoms with E-state index in [1.807, 2.05) is 59.1 Å². The van der Waals surface area contributed by atoms with E-state index in [1.54, 1.807) is 37.4 Å². The Morgan fingerprint density at radius 3 is 2.28 bits per heavy atom. The van der Waals surface area contributed by atoms with Gasteiger partial charge in [-0.25, -0.2) is 4.79 Å². The quantitative estimate of drug-likeness (QED) is 0.324. The number of rotatable bonds is 11. The van der Waals surface area contributed by atoms with Crippen LogP contribution in [0.3, 0.4) is 0 Å². The van der Waals surface area contributed by atoms with E-state index in [0.717, 1.165) is 42.4 Å². The zero-order valence-electron chi connectivity index (χ0n) is 25.6. The van der Waals surface area contributed by atoms with E-state index in [1.165, 1.54) is 6.42 Å². The van der Waals surface area contributed by atoms with Crippen molar-refractivity contribution < 1.29 is 19.1 Å². The molecule has 220 valence electrons. The highest BCUT2D eigenvalue weighted by molar-refractivity contribution is 7.98. The molecule has 0 saturated heterocycles. The summed E-state index contributed by atoms with van der Waals surface area (Å²) in [6.07, 6.45) is 7.69. The Balaban J connectivity index is 2.60. The third-order valence-corrected chi connectivity index (χ3v) is 8.40. The molecule has 8 heteroatoms. The molecule has 0 aliphatic heterocycles. The summed E-state index contributed by atoms with van der Waals surface area (Å²) in [6.45, 7) is 15.4. The first-order chi connectivity index (χ1) is 18.2. The Labute approximate surface area is 240 Å². The molecule has 0 heterocycles. The van der Waals surface area contributed by atoms with Gasteiger partial charge in [-0.1, -0.05) is 44.4 Å². The van der Waals surface area contributed by atoms with Crippen LogP contribution in [0.15, 0.2) is 18.2 Å². The Morgan fingerprint density at radius 2 is 1.72 bits per heavy atom. The van der Waals surface area contributed by atoms with Crippen molar-refractivity contribution in [3.05, 3.63) is 34.9 Å². The number of hydrogen-bond donors (Lipinski definition) is 2. The average Bonchev–Trinajstić information content (AvgIpc) is 2.86. The Kier molecular flexibility index (Phi) is 12.2. The fraction of sp³-hybridized carbons (Fsp3) is 0.710. The van der Waals surface area contributed by atoms with Gasteiger partial charge in [-0.3, -0.25) is 9.59 Å². The van der Waals surface area contributed by atoms with E-state index in [9.17, 15) is 14.4 Å². The minimum Gasteiger partial charge on any atom is -0.444 e. The number of hydrogen-bond acceptors (Lipinski definition) is 5. The highest BCUT2D eigenvalue weighted by atomic mass is 32.2. The number of aryl methyl sites for hydroxylation is 1. The molecule has 0 spiro atoms. The molecular weight excluding hydrogens is 510 g/mol. The van der Waals surface area contributed by atoms with Crippen LogP contribution in [0.25, 0.3) is 0 Å². The van der Waals surface area contributed by atoms with Gasteiger partial charge in [0.1, 0.15) is 17.7 Å². The number of nitrogens with zero attached hydrogens (tertiary/aromatic N) is 1. The zero-order valence-corrected chi connectivity index (χ0v) is 26.4. The fourth-order valence-electron chi connectivity index (χ4n) is 5.05. The van der Waals surface area contributed by atoms with Crippen molar-refractivity contribution in [1.29, 1.82) is 0 Å². The molecule has 1 saturated carbocycles. The van der Waals surface area contributed by atoms with Crippen molar-refractivity contribution in [3.63, 3.8) is 0 Å². The summed E-state index contributed by atoms with van der Waals surface area (Å²) in [5, 5.41) is 6.14. The number of alkyl carbamates (subject to hydrolysis) is 1. The van der Waals surface area contributed by atoms with Crippen LogP contribution in [0.4, 0.5) is 4.79 Å². The van der Waals surface area contributed by atoms with Gasteiger partial charge in [-0.15, -0.1) is 0 Å². The van der Waals surface area contributed by atoms with Gasteiger partial charge < -0.3 is 20.3 Å². The molecule has 0 bridgehead atoms. The lowest BCUT2D eigenvalue weighted by atomic mass is 9.88. The van der Waals surface area contributed by atoms with Gasteiger partial charge in [0.25, 0.3) is 0 Å². The monoisotopic (exact) mass is 561 g/mol. The topological polar surface area (TPSA) is 87.7 Å². The van der Waals surface area contributed by atoms with Crippen LogP contribution < -0.4 is 10.6 Å². The summed E-state index contributed by atoms with van der Waals surface area (Å²) in [6, 6.07) is 4.38. The maximum Gasteiger partial charge on any atom is 0.408 e. The summed E-state index contributed by atoms with van der Waals surface area (Å²) in [5.41, 5.74) is 1.52. The van der Waals surface area contributed by atoms with Crippen molar-refractivity contribution >= 4 is 29.7 Å². The zero-order chi connectivity index (χ0) is 29.4. The normalized spacial score (nSPS) is 16.2. The molecule has 1 aromatic rings. The van der Waals surface area contributed by atoms with Gasteiger partial charge in [0, 0.05) is 11.6 Å². The lowest BCUT2D eigenvalue weighted by Gasteiger charge is -2.45. The summed E-state index contributed by atoms with van der Waals surface area (Å²) in [4.78, 5) is 43.3. The maximum absolute atomic E-state index is 14.5. The van der Waals surface area contributed by atoms with Crippen molar-refractivity contribution in [3.8, 4) is 0 Å². The smallest absolute Gasteiger partial charge is 0.408 e. The summed E-state index contributed by atoms with van der Waals surface area (Å²) >= 11 is 1.61. The summed E-state index contributed by atoms with van der Waals surface area (Å²) < 4.78 is 5.51.